The Balaban J connectivity index is 1.47. The van der Waals surface area contributed by atoms with Gasteiger partial charge in [-0.05, 0) is 36.4 Å². The predicted molar refractivity (Wildman–Crippen MR) is 102 cm³/mol. The molecule has 0 aromatic heterocycles. The maximum absolute atomic E-state index is 13.7. The lowest BCUT2D eigenvalue weighted by Crippen LogP contribution is -2.48. The summed E-state index contributed by atoms with van der Waals surface area (Å²) < 4.78 is 40.5. The van der Waals surface area contributed by atoms with Crippen LogP contribution in [0, 0.1) is 5.82 Å². The van der Waals surface area contributed by atoms with Crippen molar-refractivity contribution in [3.63, 3.8) is 0 Å². The van der Waals surface area contributed by atoms with E-state index in [0.717, 1.165) is 43.0 Å². The Morgan fingerprint density at radius 2 is 1.65 bits per heavy atom. The largest absolute Gasteiger partial charge is 0.369 e. The first-order valence-electron chi connectivity index (χ1n) is 8.43. The standard InChI is InChI=1S/C18H21ClFN3O2S/c19-15-5-7-16(8-6-15)23-13-11-22(12-14-23)10-9-21-26(24,25)18-4-2-1-3-17(18)20/h1-8,21H,9-14H2. The Labute approximate surface area is 158 Å². The van der Waals surface area contributed by atoms with Crippen LogP contribution in [0.2, 0.25) is 5.02 Å². The first kappa shape index (κ1) is 19.1. The van der Waals surface area contributed by atoms with Crippen molar-refractivity contribution in [2.24, 2.45) is 0 Å². The van der Waals surface area contributed by atoms with E-state index in [1.165, 1.54) is 18.2 Å². The molecule has 5 nitrogen and oxygen atoms in total. The molecule has 2 aromatic rings. The molecule has 1 fully saturated rings. The van der Waals surface area contributed by atoms with Gasteiger partial charge in [0.05, 0.1) is 0 Å². The van der Waals surface area contributed by atoms with Crippen LogP contribution in [0.25, 0.3) is 0 Å². The van der Waals surface area contributed by atoms with Crippen LogP contribution >= 0.6 is 11.6 Å². The maximum Gasteiger partial charge on any atom is 0.243 e. The lowest BCUT2D eigenvalue weighted by molar-refractivity contribution is 0.262. The number of hydrogen-bond acceptors (Lipinski definition) is 4. The quantitative estimate of drug-likeness (QED) is 0.814. The minimum Gasteiger partial charge on any atom is -0.369 e. The van der Waals surface area contributed by atoms with Gasteiger partial charge in [-0.15, -0.1) is 0 Å². The third-order valence-electron chi connectivity index (χ3n) is 4.41. The fourth-order valence-corrected chi connectivity index (χ4v) is 4.18. The molecule has 140 valence electrons. The van der Waals surface area contributed by atoms with Gasteiger partial charge in [0.2, 0.25) is 10.0 Å². The first-order chi connectivity index (χ1) is 12.5. The summed E-state index contributed by atoms with van der Waals surface area (Å²) in [6.07, 6.45) is 0. The fourth-order valence-electron chi connectivity index (χ4n) is 2.96. The summed E-state index contributed by atoms with van der Waals surface area (Å²) in [5, 5.41) is 0.717. The van der Waals surface area contributed by atoms with Crippen LogP contribution in [0.1, 0.15) is 0 Å². The molecule has 0 radical (unpaired) electrons. The summed E-state index contributed by atoms with van der Waals surface area (Å²) in [4.78, 5) is 4.15. The molecule has 1 aliphatic rings. The second-order valence-electron chi connectivity index (χ2n) is 6.13. The van der Waals surface area contributed by atoms with Gasteiger partial charge >= 0.3 is 0 Å². The van der Waals surface area contributed by atoms with Crippen molar-refractivity contribution in [3.8, 4) is 0 Å². The number of halogens is 2. The van der Waals surface area contributed by atoms with Crippen molar-refractivity contribution < 1.29 is 12.8 Å². The molecular formula is C18H21ClFN3O2S. The van der Waals surface area contributed by atoms with Gasteiger partial charge in [-0.3, -0.25) is 4.90 Å². The Morgan fingerprint density at radius 1 is 1.00 bits per heavy atom. The molecule has 1 saturated heterocycles. The summed E-state index contributed by atoms with van der Waals surface area (Å²) in [6, 6.07) is 13.1. The monoisotopic (exact) mass is 397 g/mol. The topological polar surface area (TPSA) is 52.7 Å². The Bertz CT molecular complexity index is 838. The van der Waals surface area contributed by atoms with Crippen molar-refractivity contribution in [2.45, 2.75) is 4.90 Å². The van der Waals surface area contributed by atoms with Gasteiger partial charge < -0.3 is 4.90 Å². The molecule has 2 aromatic carbocycles. The van der Waals surface area contributed by atoms with Crippen LogP contribution in [-0.2, 0) is 10.0 Å². The molecule has 0 amide bonds. The molecule has 26 heavy (non-hydrogen) atoms. The summed E-state index contributed by atoms with van der Waals surface area (Å²) in [6.45, 7) is 4.23. The van der Waals surface area contributed by atoms with E-state index < -0.39 is 15.8 Å². The minimum absolute atomic E-state index is 0.248. The van der Waals surface area contributed by atoms with E-state index in [2.05, 4.69) is 14.5 Å². The molecule has 0 aliphatic carbocycles. The SMILES string of the molecule is O=S(=O)(NCCN1CCN(c2ccc(Cl)cc2)CC1)c1ccccc1F. The van der Waals surface area contributed by atoms with Crippen molar-refractivity contribution in [3.05, 3.63) is 59.4 Å². The van der Waals surface area contributed by atoms with Gasteiger partial charge in [0, 0.05) is 50.0 Å². The second kappa shape index (κ2) is 8.35. The average Bonchev–Trinajstić information content (AvgIpc) is 2.63. The highest BCUT2D eigenvalue weighted by Crippen LogP contribution is 2.19. The number of sulfonamides is 1. The summed E-state index contributed by atoms with van der Waals surface area (Å²) in [5.41, 5.74) is 1.13. The van der Waals surface area contributed by atoms with Gasteiger partial charge in [0.25, 0.3) is 0 Å². The van der Waals surface area contributed by atoms with Crippen molar-refractivity contribution in [1.82, 2.24) is 9.62 Å². The third kappa shape index (κ3) is 4.73. The predicted octanol–water partition coefficient (Wildman–Crippen LogP) is 2.58. The van der Waals surface area contributed by atoms with E-state index in [-0.39, 0.29) is 11.4 Å². The number of rotatable bonds is 6. The van der Waals surface area contributed by atoms with E-state index >= 15 is 0 Å². The molecule has 1 N–H and O–H groups in total. The van der Waals surface area contributed by atoms with Crippen LogP contribution in [0.3, 0.4) is 0 Å². The Hall–Kier alpha value is -1.67. The highest BCUT2D eigenvalue weighted by atomic mass is 35.5. The minimum atomic E-state index is -3.82. The van der Waals surface area contributed by atoms with Gasteiger partial charge in [-0.2, -0.15) is 0 Å². The Kier molecular flexibility index (Phi) is 6.13. The zero-order valence-electron chi connectivity index (χ0n) is 14.2. The summed E-state index contributed by atoms with van der Waals surface area (Å²) in [7, 11) is -3.82. The van der Waals surface area contributed by atoms with Crippen LogP contribution in [-0.4, -0.2) is 52.6 Å². The number of anilines is 1. The number of nitrogens with zero attached hydrogens (tertiary/aromatic N) is 2. The number of nitrogens with one attached hydrogen (secondary N) is 1. The molecule has 0 spiro atoms. The number of hydrogen-bond donors (Lipinski definition) is 1. The zero-order valence-corrected chi connectivity index (χ0v) is 15.8. The van der Waals surface area contributed by atoms with Crippen molar-refractivity contribution in [2.75, 3.05) is 44.2 Å². The third-order valence-corrected chi connectivity index (χ3v) is 6.16. The fraction of sp³-hybridized carbons (Fsp3) is 0.333. The van der Waals surface area contributed by atoms with E-state index in [0.29, 0.717) is 6.54 Å². The highest BCUT2D eigenvalue weighted by Gasteiger charge is 2.20. The van der Waals surface area contributed by atoms with Gasteiger partial charge in [-0.1, -0.05) is 23.7 Å². The van der Waals surface area contributed by atoms with Crippen LogP contribution in [0.5, 0.6) is 0 Å². The second-order valence-corrected chi connectivity index (χ2v) is 8.31. The summed E-state index contributed by atoms with van der Waals surface area (Å²) >= 11 is 5.92. The first-order valence-corrected chi connectivity index (χ1v) is 10.3. The lowest BCUT2D eigenvalue weighted by atomic mass is 10.2. The van der Waals surface area contributed by atoms with Crippen LogP contribution in [0.15, 0.2) is 53.4 Å². The molecule has 0 saturated carbocycles. The molecule has 0 atom stereocenters. The average molecular weight is 398 g/mol. The van der Waals surface area contributed by atoms with Crippen molar-refractivity contribution >= 4 is 27.3 Å². The number of piperazine rings is 1. The van der Waals surface area contributed by atoms with Gasteiger partial charge in [0.1, 0.15) is 10.7 Å². The normalized spacial score (nSPS) is 16.0. The van der Waals surface area contributed by atoms with Crippen molar-refractivity contribution in [1.29, 1.82) is 0 Å². The number of benzene rings is 2. The lowest BCUT2D eigenvalue weighted by Gasteiger charge is -2.36. The molecular weight excluding hydrogens is 377 g/mol. The van der Waals surface area contributed by atoms with E-state index in [9.17, 15) is 12.8 Å². The van der Waals surface area contributed by atoms with Gasteiger partial charge in [0.15, 0.2) is 0 Å². The molecule has 3 rings (SSSR count). The molecule has 0 unspecified atom stereocenters. The van der Waals surface area contributed by atoms with E-state index in [1.54, 1.807) is 0 Å². The molecule has 8 heteroatoms. The van der Waals surface area contributed by atoms with E-state index in [1.807, 2.05) is 24.3 Å². The zero-order chi connectivity index (χ0) is 18.6. The van der Waals surface area contributed by atoms with Crippen LogP contribution < -0.4 is 9.62 Å². The summed E-state index contributed by atoms with van der Waals surface area (Å²) in [5.74, 6) is -0.739. The molecule has 1 heterocycles. The Morgan fingerprint density at radius 3 is 2.31 bits per heavy atom. The van der Waals surface area contributed by atoms with Crippen LogP contribution in [0.4, 0.5) is 10.1 Å². The smallest absolute Gasteiger partial charge is 0.243 e. The maximum atomic E-state index is 13.7. The molecule has 1 aliphatic heterocycles. The van der Waals surface area contributed by atoms with Gasteiger partial charge in [-0.25, -0.2) is 17.5 Å². The van der Waals surface area contributed by atoms with E-state index in [4.69, 9.17) is 11.6 Å². The highest BCUT2D eigenvalue weighted by molar-refractivity contribution is 7.89. The molecule has 0 bridgehead atoms.